The van der Waals surface area contributed by atoms with Gasteiger partial charge in [-0.15, -0.1) is 0 Å². The van der Waals surface area contributed by atoms with Crippen molar-refractivity contribution in [3.05, 3.63) is 24.3 Å². The van der Waals surface area contributed by atoms with Crippen LogP contribution in [-0.4, -0.2) is 114 Å². The molecule has 2 N–H and O–H groups in total. The van der Waals surface area contributed by atoms with Crippen LogP contribution in [0.15, 0.2) is 24.3 Å². The molecule has 338 valence electrons. The van der Waals surface area contributed by atoms with Crippen LogP contribution in [0.25, 0.3) is 0 Å². The van der Waals surface area contributed by atoms with Crippen molar-refractivity contribution in [2.45, 2.75) is 212 Å². The molecule has 0 amide bonds. The second-order valence-corrected chi connectivity index (χ2v) is 19.9. The van der Waals surface area contributed by atoms with Crippen LogP contribution in [0.1, 0.15) is 133 Å². The quantitative estimate of drug-likeness (QED) is 0.139. The van der Waals surface area contributed by atoms with E-state index in [9.17, 15) is 24.6 Å². The zero-order chi connectivity index (χ0) is 43.6. The van der Waals surface area contributed by atoms with E-state index in [1.54, 1.807) is 6.92 Å². The van der Waals surface area contributed by atoms with Crippen LogP contribution in [0.2, 0.25) is 0 Å². The summed E-state index contributed by atoms with van der Waals surface area (Å²) in [6.45, 7) is 16.7. The van der Waals surface area contributed by atoms with Crippen LogP contribution >= 0.6 is 0 Å². The van der Waals surface area contributed by atoms with Gasteiger partial charge in [0.2, 0.25) is 0 Å². The summed E-state index contributed by atoms with van der Waals surface area (Å²) in [5, 5.41) is 23.5. The van der Waals surface area contributed by atoms with Gasteiger partial charge in [-0.05, 0) is 78.6 Å². The maximum absolute atomic E-state index is 14.9. The molecular weight excluding hydrogens is 802 g/mol. The Morgan fingerprint density at radius 3 is 1.92 bits per heavy atom. The normalized spacial score (nSPS) is 46.0. The molecule has 0 aromatic rings. The average molecular weight is 871 g/mol. The van der Waals surface area contributed by atoms with Crippen molar-refractivity contribution >= 4 is 24.9 Å². The Bertz CT molecular complexity index is 1680. The number of esters is 3. The van der Waals surface area contributed by atoms with E-state index in [2.05, 4.69) is 6.58 Å². The molecule has 0 saturated carbocycles. The minimum atomic E-state index is -3.52. The topological polar surface area (TPSA) is 184 Å². The Hall–Kier alpha value is -1.41. The molecule has 0 aliphatic carbocycles. The zero-order valence-corrected chi connectivity index (χ0v) is 39.9. The maximum atomic E-state index is 14.9. The number of hydrogen-bond acceptors (Lipinski definition) is 15. The maximum Gasteiger partial charge on any atom is 1.00 e. The van der Waals surface area contributed by atoms with Crippen molar-refractivity contribution in [2.24, 2.45) is 22.7 Å². The van der Waals surface area contributed by atoms with Crippen LogP contribution in [0.3, 0.4) is 0 Å². The summed E-state index contributed by atoms with van der Waals surface area (Å²) in [6, 6.07) is 0. The summed E-state index contributed by atoms with van der Waals surface area (Å²) in [4.78, 5) is 42.4. The van der Waals surface area contributed by atoms with Crippen molar-refractivity contribution in [1.29, 1.82) is 0 Å². The van der Waals surface area contributed by atoms with Gasteiger partial charge in [0.15, 0.2) is 23.8 Å². The van der Waals surface area contributed by atoms with Gasteiger partial charge in [-0.25, -0.2) is 14.4 Å². The van der Waals surface area contributed by atoms with Gasteiger partial charge >= 0.3 is 54.4 Å². The molecule has 7 rings (SSSR count). The van der Waals surface area contributed by atoms with E-state index in [0.29, 0.717) is 64.2 Å². The fraction of sp³-hybridized carbons (Fsp3) is 0.841. The Kier molecular flexibility index (Phi) is 14.8. The number of aliphatic hydroxyl groups excluding tert-OH is 2. The molecule has 15 nitrogen and oxygen atoms in total. The standard InChI is InChI=1S/C44H68BO15.Na/c1-24(2)38(48)52-27(5)30-16-12-11-13-17-32(46)41(7,8)34-21-19-26(4)44(55-34)37-40(50)54-31-23-29(51-28(31)6)15-14-18-33(47)42(9,10)35-22-20-25(3)43(56-35)36(39(49)53-30)57-45(58-37,59-43)60-44;/h11-12,25-37,46-47H,1,13-23H2,2-10H3;/q-1;+1/b12-11-;/t25-,26-,27-,28-,29-,30+,31+,32+,33-,34+,35+,36+,37+,43+,44+,45?;/m1./s1. The number of aliphatic hydroxyl groups is 2. The van der Waals surface area contributed by atoms with Crippen LogP contribution in [0.4, 0.5) is 0 Å². The molecule has 0 radical (unpaired) electrons. The van der Waals surface area contributed by atoms with Crippen LogP contribution in [-0.2, 0) is 61.4 Å². The number of fused-ring (bicyclic) bond motifs is 6. The predicted molar refractivity (Wildman–Crippen MR) is 215 cm³/mol. The fourth-order valence-corrected chi connectivity index (χ4v) is 10.3. The molecule has 7 aliphatic heterocycles. The van der Waals surface area contributed by atoms with E-state index in [1.807, 2.05) is 60.6 Å². The molecule has 1 unspecified atom stereocenters. The van der Waals surface area contributed by atoms with Crippen molar-refractivity contribution < 1.29 is 101 Å². The Morgan fingerprint density at radius 2 is 1.36 bits per heavy atom. The molecule has 0 aromatic carbocycles. The smallest absolute Gasteiger partial charge is 0.504 e. The number of allylic oxidation sites excluding steroid dienone is 1. The van der Waals surface area contributed by atoms with E-state index in [4.69, 9.17) is 47.0 Å². The number of cyclic esters (lactones) is 1. The van der Waals surface area contributed by atoms with Gasteiger partial charge in [0, 0.05) is 41.1 Å². The Morgan fingerprint density at radius 1 is 0.820 bits per heavy atom. The summed E-state index contributed by atoms with van der Waals surface area (Å²) in [7, 11) is 0. The summed E-state index contributed by atoms with van der Waals surface area (Å²) < 4.78 is 65.7. The Labute approximate surface area is 382 Å². The van der Waals surface area contributed by atoms with Crippen molar-refractivity contribution in [3.63, 3.8) is 0 Å². The van der Waals surface area contributed by atoms with E-state index in [0.717, 1.165) is 0 Å². The molecular formula is C44H68BNaO15. The van der Waals surface area contributed by atoms with Crippen molar-refractivity contribution in [2.75, 3.05) is 0 Å². The predicted octanol–water partition coefficient (Wildman–Crippen LogP) is 2.49. The molecule has 61 heavy (non-hydrogen) atoms. The summed E-state index contributed by atoms with van der Waals surface area (Å²) >= 11 is 0. The number of carbonyl (C=O) groups is 3. The third-order valence-electron chi connectivity index (χ3n) is 14.8. The minimum absolute atomic E-state index is 0. The van der Waals surface area contributed by atoms with Gasteiger partial charge in [-0.1, -0.05) is 60.3 Å². The van der Waals surface area contributed by atoms with Crippen LogP contribution < -0.4 is 29.6 Å². The molecule has 6 saturated heterocycles. The molecule has 16 atom stereocenters. The van der Waals surface area contributed by atoms with Gasteiger partial charge in [0.05, 0.1) is 36.6 Å². The van der Waals surface area contributed by atoms with Crippen LogP contribution in [0.5, 0.6) is 0 Å². The number of carbonyl (C=O) groups excluding carboxylic acids is 3. The minimum Gasteiger partial charge on any atom is -0.504 e. The first kappa shape index (κ1) is 49.0. The second-order valence-electron chi connectivity index (χ2n) is 19.9. The molecule has 3 spiro atoms. The van der Waals surface area contributed by atoms with Crippen molar-refractivity contribution in [1.82, 2.24) is 0 Å². The first-order valence-electron chi connectivity index (χ1n) is 22.3. The first-order chi connectivity index (χ1) is 28.1. The number of rotatable bonds is 3. The molecule has 0 aromatic heterocycles. The largest absolute Gasteiger partial charge is 1.00 e. The zero-order valence-electron chi connectivity index (χ0n) is 37.9. The van der Waals surface area contributed by atoms with Gasteiger partial charge in [-0.2, -0.15) is 0 Å². The summed E-state index contributed by atoms with van der Waals surface area (Å²) in [5.74, 6) is -7.07. The third-order valence-corrected chi connectivity index (χ3v) is 14.8. The van der Waals surface area contributed by atoms with Gasteiger partial charge < -0.3 is 57.3 Å². The van der Waals surface area contributed by atoms with Crippen LogP contribution in [0, 0.1) is 22.7 Å². The number of ether oxygens (including phenoxy) is 6. The van der Waals surface area contributed by atoms with Gasteiger partial charge in [0.25, 0.3) is 0 Å². The SMILES string of the molecule is C=C(C)C(=O)O[C@H](C)[C@@H]1C/C=C\CC[C@H](O)C(C)(C)[C@@H]2CC[C@@H](C)[C@]3(O2)O[B-]24O[C@@H](C(=O)O1)[C@@]1(O[C@@H](CC[C@H]1C)C(C)(C)[C@H](O)CCC[C@@H]1C[C@H](OC(=O)[C@@H]3O2)[C@@H](C)O1)O4.[Na+]. The molecule has 17 heteroatoms. The molecule has 7 aliphatic rings. The monoisotopic (exact) mass is 870 g/mol. The molecule has 6 fully saturated rings. The van der Waals surface area contributed by atoms with Gasteiger partial charge in [0.1, 0.15) is 18.3 Å². The first-order valence-corrected chi connectivity index (χ1v) is 22.3. The number of hydrogen-bond donors (Lipinski definition) is 2. The average Bonchev–Trinajstić information content (AvgIpc) is 3.81. The Balaban J connectivity index is 0.00000622. The fourth-order valence-electron chi connectivity index (χ4n) is 10.3. The second kappa shape index (κ2) is 18.5. The molecule has 9 bridgehead atoms. The van der Waals surface area contributed by atoms with E-state index >= 15 is 0 Å². The molecule has 7 heterocycles. The van der Waals surface area contributed by atoms with E-state index in [-0.39, 0.29) is 47.7 Å². The summed E-state index contributed by atoms with van der Waals surface area (Å²) in [5.41, 5.74) is -1.49. The van der Waals surface area contributed by atoms with Crippen molar-refractivity contribution in [3.8, 4) is 0 Å². The van der Waals surface area contributed by atoms with E-state index in [1.165, 1.54) is 6.92 Å². The van der Waals surface area contributed by atoms with Gasteiger partial charge in [-0.3, -0.25) is 0 Å². The van der Waals surface area contributed by atoms with E-state index < -0.39 is 120 Å². The summed E-state index contributed by atoms with van der Waals surface area (Å²) in [6.07, 6.45) is -0.198. The third kappa shape index (κ3) is 9.23.